The summed E-state index contributed by atoms with van der Waals surface area (Å²) in [6.07, 6.45) is 4.15. The largest absolute Gasteiger partial charge is 0.472 e. The third kappa shape index (κ3) is 5.02. The number of rotatable bonds is 6. The van der Waals surface area contributed by atoms with Crippen molar-refractivity contribution in [1.82, 2.24) is 19.9 Å². The molecule has 0 saturated carbocycles. The molecule has 11 heteroatoms. The number of nitrogens with zero attached hydrogens (tertiary/aromatic N) is 5. The minimum absolute atomic E-state index is 0.0469. The van der Waals surface area contributed by atoms with E-state index in [4.69, 9.17) is 9.47 Å². The molecule has 4 rings (SSSR count). The molecule has 2 fully saturated rings. The first-order chi connectivity index (χ1) is 14.5. The zero-order chi connectivity index (χ0) is 21.1. The molecule has 0 spiro atoms. The molecule has 0 bridgehead atoms. The predicted molar refractivity (Wildman–Crippen MR) is 110 cm³/mol. The van der Waals surface area contributed by atoms with Gasteiger partial charge in [-0.3, -0.25) is 9.69 Å². The average Bonchev–Trinajstić information content (AvgIpc) is 3.24. The number of likely N-dealkylation sites (tertiary alicyclic amines) is 1. The van der Waals surface area contributed by atoms with Gasteiger partial charge in [-0.25, -0.2) is 9.97 Å². The molecular formula is C19H25FN6O3S. The van der Waals surface area contributed by atoms with Crippen LogP contribution < -0.4 is 15.0 Å². The number of ether oxygens (including phenoxy) is 2. The second-order valence-corrected chi connectivity index (χ2v) is 8.56. The topological polar surface area (TPSA) is 92.7 Å². The molecule has 0 radical (unpaired) electrons. The van der Waals surface area contributed by atoms with Crippen LogP contribution in [0.25, 0.3) is 0 Å². The fourth-order valence-electron chi connectivity index (χ4n) is 3.67. The molecule has 0 unspecified atom stereocenters. The van der Waals surface area contributed by atoms with Crippen molar-refractivity contribution in [2.45, 2.75) is 39.0 Å². The Morgan fingerprint density at radius 2 is 2.17 bits per heavy atom. The van der Waals surface area contributed by atoms with Crippen LogP contribution in [0.2, 0.25) is 0 Å². The van der Waals surface area contributed by atoms with E-state index < -0.39 is 5.95 Å². The molecule has 9 nitrogen and oxygen atoms in total. The number of carbonyl (C=O) groups excluding carboxylic acids is 1. The van der Waals surface area contributed by atoms with Crippen molar-refractivity contribution in [2.24, 2.45) is 0 Å². The normalized spacial score (nSPS) is 22.3. The Labute approximate surface area is 178 Å². The zero-order valence-corrected chi connectivity index (χ0v) is 17.8. The van der Waals surface area contributed by atoms with Gasteiger partial charge in [-0.05, 0) is 6.92 Å². The van der Waals surface area contributed by atoms with Gasteiger partial charge in [0.2, 0.25) is 17.7 Å². The fourth-order valence-corrected chi connectivity index (χ4v) is 4.58. The highest BCUT2D eigenvalue weighted by molar-refractivity contribution is 7.15. The zero-order valence-electron chi connectivity index (χ0n) is 17.0. The lowest BCUT2D eigenvalue weighted by atomic mass is 10.2. The third-order valence-corrected chi connectivity index (χ3v) is 6.11. The molecule has 2 aliphatic heterocycles. The van der Waals surface area contributed by atoms with Crippen molar-refractivity contribution in [3.05, 3.63) is 23.2 Å². The molecule has 2 aromatic rings. The summed E-state index contributed by atoms with van der Waals surface area (Å²) in [5.41, 5.74) is 0. The van der Waals surface area contributed by atoms with Gasteiger partial charge >= 0.3 is 0 Å². The van der Waals surface area contributed by atoms with Crippen LogP contribution in [0.5, 0.6) is 5.88 Å². The van der Waals surface area contributed by atoms with Crippen LogP contribution in [0, 0.1) is 5.95 Å². The number of carbonyl (C=O) groups is 1. The first-order valence-electron chi connectivity index (χ1n) is 9.96. The number of anilines is 2. The molecule has 4 heterocycles. The van der Waals surface area contributed by atoms with E-state index in [1.165, 1.54) is 6.92 Å². The van der Waals surface area contributed by atoms with E-state index in [2.05, 4.69) is 37.0 Å². The van der Waals surface area contributed by atoms with E-state index in [9.17, 15) is 9.18 Å². The molecule has 1 amide bonds. The van der Waals surface area contributed by atoms with Crippen molar-refractivity contribution in [2.75, 3.05) is 43.1 Å². The summed E-state index contributed by atoms with van der Waals surface area (Å²) in [6, 6.07) is 0.223. The monoisotopic (exact) mass is 436 g/mol. The lowest BCUT2D eigenvalue weighted by Crippen LogP contribution is -2.36. The van der Waals surface area contributed by atoms with Gasteiger partial charge < -0.3 is 19.7 Å². The van der Waals surface area contributed by atoms with Gasteiger partial charge in [-0.2, -0.15) is 9.37 Å². The van der Waals surface area contributed by atoms with Gasteiger partial charge in [0.25, 0.3) is 0 Å². The Hall–Kier alpha value is -2.37. The summed E-state index contributed by atoms with van der Waals surface area (Å²) >= 11 is 1.16. The summed E-state index contributed by atoms with van der Waals surface area (Å²) in [7, 11) is 0. The van der Waals surface area contributed by atoms with Crippen molar-refractivity contribution >= 4 is 28.2 Å². The summed E-state index contributed by atoms with van der Waals surface area (Å²) in [4.78, 5) is 28.6. The number of halogens is 1. The maximum absolute atomic E-state index is 14.1. The number of amides is 1. The maximum atomic E-state index is 14.1. The summed E-state index contributed by atoms with van der Waals surface area (Å²) in [5.74, 6) is 0.509. The molecule has 2 aliphatic rings. The second-order valence-electron chi connectivity index (χ2n) is 7.48. The summed E-state index contributed by atoms with van der Waals surface area (Å²) < 4.78 is 25.5. The third-order valence-electron chi connectivity index (χ3n) is 5.18. The van der Waals surface area contributed by atoms with Gasteiger partial charge in [-0.15, -0.1) is 0 Å². The van der Waals surface area contributed by atoms with E-state index in [0.29, 0.717) is 37.1 Å². The van der Waals surface area contributed by atoms with E-state index in [1.807, 2.05) is 0 Å². The van der Waals surface area contributed by atoms with Crippen LogP contribution >= 0.6 is 11.3 Å². The number of nitrogens with one attached hydrogen (secondary N) is 1. The molecule has 1 N–H and O–H groups in total. The molecule has 2 saturated heterocycles. The van der Waals surface area contributed by atoms with Crippen LogP contribution in [0.15, 0.2) is 12.4 Å². The van der Waals surface area contributed by atoms with Crippen LogP contribution in [0.4, 0.5) is 15.3 Å². The highest BCUT2D eigenvalue weighted by Gasteiger charge is 2.32. The standard InChI is InChI=1S/C19H25FN6O3S/c1-12-7-14(10-26(12)11-15-18(20)24-19(30-15)23-13(2)27)29-17-9-21-16(8-22-17)25-3-5-28-6-4-25/h8-9,12,14H,3-7,10-11H2,1-2H3,(H,23,24,27)/t12-,14+/m0/s1. The van der Waals surface area contributed by atoms with Gasteiger partial charge in [0.15, 0.2) is 5.13 Å². The van der Waals surface area contributed by atoms with Crippen LogP contribution in [0.1, 0.15) is 25.1 Å². The summed E-state index contributed by atoms with van der Waals surface area (Å²) in [5, 5.41) is 2.81. The highest BCUT2D eigenvalue weighted by Crippen LogP contribution is 2.28. The number of hydrogen-bond acceptors (Lipinski definition) is 9. The molecule has 162 valence electrons. The van der Waals surface area contributed by atoms with Crippen molar-refractivity contribution in [1.29, 1.82) is 0 Å². The Bertz CT molecular complexity index is 874. The van der Waals surface area contributed by atoms with E-state index in [1.54, 1.807) is 12.4 Å². The van der Waals surface area contributed by atoms with Crippen LogP contribution in [0.3, 0.4) is 0 Å². The van der Waals surface area contributed by atoms with E-state index in [-0.39, 0.29) is 23.2 Å². The average molecular weight is 437 g/mol. The maximum Gasteiger partial charge on any atom is 0.232 e. The molecule has 2 atom stereocenters. The SMILES string of the molecule is CC(=O)Nc1nc(F)c(CN2C[C@H](Oc3cnc(N4CCOCC4)cn3)C[C@@H]2C)s1. The molecule has 0 aliphatic carbocycles. The Morgan fingerprint density at radius 3 is 2.87 bits per heavy atom. The molecule has 2 aromatic heterocycles. The number of hydrogen-bond donors (Lipinski definition) is 1. The van der Waals surface area contributed by atoms with E-state index >= 15 is 0 Å². The first-order valence-corrected chi connectivity index (χ1v) is 10.8. The quantitative estimate of drug-likeness (QED) is 0.734. The van der Waals surface area contributed by atoms with Crippen molar-refractivity contribution in [3.63, 3.8) is 0 Å². The highest BCUT2D eigenvalue weighted by atomic mass is 32.1. The molecule has 30 heavy (non-hydrogen) atoms. The Morgan fingerprint density at radius 1 is 1.37 bits per heavy atom. The smallest absolute Gasteiger partial charge is 0.232 e. The van der Waals surface area contributed by atoms with Gasteiger partial charge in [0.05, 0.1) is 30.5 Å². The molecular weight excluding hydrogens is 411 g/mol. The Kier molecular flexibility index (Phi) is 6.40. The minimum Gasteiger partial charge on any atom is -0.472 e. The van der Waals surface area contributed by atoms with E-state index in [0.717, 1.165) is 36.7 Å². The van der Waals surface area contributed by atoms with Crippen LogP contribution in [-0.4, -0.2) is 70.8 Å². The fraction of sp³-hybridized carbons (Fsp3) is 0.579. The van der Waals surface area contributed by atoms with Crippen molar-refractivity contribution in [3.8, 4) is 5.88 Å². The molecule has 0 aromatic carbocycles. The lowest BCUT2D eigenvalue weighted by molar-refractivity contribution is -0.114. The number of aromatic nitrogens is 3. The number of thiazole rings is 1. The van der Waals surface area contributed by atoms with Gasteiger partial charge in [0.1, 0.15) is 11.9 Å². The second kappa shape index (κ2) is 9.19. The van der Waals surface area contributed by atoms with Gasteiger partial charge in [-0.1, -0.05) is 11.3 Å². The minimum atomic E-state index is -0.537. The Balaban J connectivity index is 1.33. The van der Waals surface area contributed by atoms with Crippen LogP contribution in [-0.2, 0) is 16.1 Å². The number of morpholine rings is 1. The lowest BCUT2D eigenvalue weighted by Gasteiger charge is -2.27. The first kappa shape index (κ1) is 20.9. The van der Waals surface area contributed by atoms with Gasteiger partial charge in [0, 0.05) is 45.6 Å². The predicted octanol–water partition coefficient (Wildman–Crippen LogP) is 1.91. The summed E-state index contributed by atoms with van der Waals surface area (Å²) in [6.45, 7) is 7.55. The van der Waals surface area contributed by atoms with Crippen molar-refractivity contribution < 1.29 is 18.7 Å².